The third kappa shape index (κ3) is 2.61. The van der Waals surface area contributed by atoms with Crippen molar-refractivity contribution in [1.29, 1.82) is 0 Å². The minimum atomic E-state index is -0.304. The summed E-state index contributed by atoms with van der Waals surface area (Å²) in [7, 11) is 1.82. The van der Waals surface area contributed by atoms with Crippen LogP contribution in [0.5, 0.6) is 5.88 Å². The number of hydrogen-bond acceptors (Lipinski definition) is 5. The summed E-state index contributed by atoms with van der Waals surface area (Å²) in [6.07, 6.45) is 4.61. The molecular formula is C20H20N2O3S. The summed E-state index contributed by atoms with van der Waals surface area (Å²) in [5.41, 5.74) is 3.28. The van der Waals surface area contributed by atoms with Gasteiger partial charge in [-0.25, -0.2) is 9.79 Å². The fourth-order valence-corrected chi connectivity index (χ4v) is 4.78. The van der Waals surface area contributed by atoms with Gasteiger partial charge < -0.3 is 14.4 Å². The van der Waals surface area contributed by atoms with Gasteiger partial charge >= 0.3 is 5.97 Å². The molecule has 0 amide bonds. The van der Waals surface area contributed by atoms with E-state index in [1.165, 1.54) is 4.88 Å². The van der Waals surface area contributed by atoms with Crippen LogP contribution in [0.25, 0.3) is 10.9 Å². The Balaban J connectivity index is 1.79. The van der Waals surface area contributed by atoms with Crippen LogP contribution in [0.4, 0.5) is 5.00 Å². The maximum absolute atomic E-state index is 12.4. The molecule has 0 atom stereocenters. The zero-order valence-electron chi connectivity index (χ0n) is 14.8. The van der Waals surface area contributed by atoms with Gasteiger partial charge in [-0.05, 0) is 37.8 Å². The van der Waals surface area contributed by atoms with Gasteiger partial charge in [-0.15, -0.1) is 11.3 Å². The molecule has 3 aromatic rings. The molecule has 5 nitrogen and oxygen atoms in total. The molecular weight excluding hydrogens is 348 g/mol. The molecule has 4 rings (SSSR count). The first-order valence-electron chi connectivity index (χ1n) is 8.74. The average Bonchev–Trinajstić information content (AvgIpc) is 3.27. The number of thiophene rings is 1. The van der Waals surface area contributed by atoms with Crippen LogP contribution in [-0.4, -0.2) is 28.5 Å². The molecule has 0 spiro atoms. The van der Waals surface area contributed by atoms with Gasteiger partial charge in [0.1, 0.15) is 5.00 Å². The van der Waals surface area contributed by atoms with E-state index in [4.69, 9.17) is 4.74 Å². The van der Waals surface area contributed by atoms with E-state index in [1.54, 1.807) is 22.1 Å². The molecule has 2 heterocycles. The SMILES string of the molecule is CCOC(=O)c1c(/N=C/c2c(O)n(C)c3ccccc23)sc2c1CCC2. The van der Waals surface area contributed by atoms with Gasteiger partial charge in [-0.3, -0.25) is 0 Å². The van der Waals surface area contributed by atoms with Crippen LogP contribution < -0.4 is 0 Å². The van der Waals surface area contributed by atoms with E-state index < -0.39 is 0 Å². The lowest BCUT2D eigenvalue weighted by Gasteiger charge is -2.03. The normalized spacial score (nSPS) is 13.6. The van der Waals surface area contributed by atoms with Gasteiger partial charge in [0.05, 0.1) is 23.3 Å². The van der Waals surface area contributed by atoms with Crippen molar-refractivity contribution in [3.05, 3.63) is 45.8 Å². The summed E-state index contributed by atoms with van der Waals surface area (Å²) in [4.78, 5) is 18.2. The third-order valence-electron chi connectivity index (χ3n) is 4.81. The second kappa shape index (κ2) is 6.61. The molecule has 0 unspecified atom stereocenters. The highest BCUT2D eigenvalue weighted by Crippen LogP contribution is 2.41. The third-order valence-corrected chi connectivity index (χ3v) is 6.01. The molecule has 6 heteroatoms. The quantitative estimate of drug-likeness (QED) is 0.550. The number of aryl methyl sites for hydroxylation is 2. The van der Waals surface area contributed by atoms with Crippen molar-refractivity contribution in [2.45, 2.75) is 26.2 Å². The van der Waals surface area contributed by atoms with Gasteiger partial charge in [-0.2, -0.15) is 0 Å². The first kappa shape index (κ1) is 16.8. The second-order valence-electron chi connectivity index (χ2n) is 6.33. The van der Waals surface area contributed by atoms with Gasteiger partial charge in [-0.1, -0.05) is 18.2 Å². The molecule has 0 saturated heterocycles. The largest absolute Gasteiger partial charge is 0.494 e. The molecule has 1 aliphatic rings. The van der Waals surface area contributed by atoms with Crippen LogP contribution >= 0.6 is 11.3 Å². The monoisotopic (exact) mass is 368 g/mol. The first-order chi connectivity index (χ1) is 12.6. The number of benzene rings is 1. The average molecular weight is 368 g/mol. The van der Waals surface area contributed by atoms with Crippen molar-refractivity contribution in [1.82, 2.24) is 4.57 Å². The fourth-order valence-electron chi connectivity index (χ4n) is 3.55. The summed E-state index contributed by atoms with van der Waals surface area (Å²) in [5.74, 6) is -0.141. The molecule has 2 aromatic heterocycles. The maximum atomic E-state index is 12.4. The number of aromatic nitrogens is 1. The molecule has 26 heavy (non-hydrogen) atoms. The summed E-state index contributed by atoms with van der Waals surface area (Å²) in [6, 6.07) is 7.78. The Labute approximate surface area is 155 Å². The van der Waals surface area contributed by atoms with Crippen LogP contribution in [0.3, 0.4) is 0 Å². The lowest BCUT2D eigenvalue weighted by atomic mass is 10.1. The minimum Gasteiger partial charge on any atom is -0.494 e. The maximum Gasteiger partial charge on any atom is 0.341 e. The van der Waals surface area contributed by atoms with Crippen molar-refractivity contribution in [2.75, 3.05) is 6.61 Å². The predicted molar refractivity (Wildman–Crippen MR) is 104 cm³/mol. The van der Waals surface area contributed by atoms with E-state index in [-0.39, 0.29) is 11.8 Å². The number of rotatable bonds is 4. The van der Waals surface area contributed by atoms with Crippen LogP contribution in [-0.2, 0) is 24.6 Å². The molecule has 0 fully saturated rings. The molecule has 0 saturated carbocycles. The number of nitrogens with zero attached hydrogens (tertiary/aromatic N) is 2. The first-order valence-corrected chi connectivity index (χ1v) is 9.55. The zero-order chi connectivity index (χ0) is 18.3. The van der Waals surface area contributed by atoms with E-state index in [0.29, 0.717) is 22.7 Å². The Bertz CT molecular complexity index is 1030. The summed E-state index contributed by atoms with van der Waals surface area (Å²) in [5, 5.41) is 12.1. The fraction of sp³-hybridized carbons (Fsp3) is 0.300. The van der Waals surface area contributed by atoms with Gasteiger partial charge in [0.25, 0.3) is 0 Å². The number of fused-ring (bicyclic) bond motifs is 2. The standard InChI is InChI=1S/C20H20N2O3S/c1-3-25-20(24)17-13-8-6-10-16(13)26-18(17)21-11-14-12-7-4-5-9-15(12)22(2)19(14)23/h4-5,7,9,11,23H,3,6,8,10H2,1-2H3/b21-11+. The van der Waals surface area contributed by atoms with E-state index in [1.807, 2.05) is 38.2 Å². The lowest BCUT2D eigenvalue weighted by molar-refractivity contribution is 0.0527. The number of carbonyl (C=O) groups excluding carboxylic acids is 1. The molecule has 0 radical (unpaired) electrons. The van der Waals surface area contributed by atoms with Crippen LogP contribution in [0.15, 0.2) is 29.3 Å². The highest BCUT2D eigenvalue weighted by Gasteiger charge is 2.27. The van der Waals surface area contributed by atoms with Crippen molar-refractivity contribution in [2.24, 2.45) is 12.0 Å². The van der Waals surface area contributed by atoms with E-state index in [9.17, 15) is 9.90 Å². The number of aliphatic imine (C=N–C) groups is 1. The molecule has 134 valence electrons. The minimum absolute atomic E-state index is 0.164. The highest BCUT2D eigenvalue weighted by molar-refractivity contribution is 7.16. The Morgan fingerprint density at radius 1 is 1.38 bits per heavy atom. The summed E-state index contributed by atoms with van der Waals surface area (Å²) >= 11 is 1.55. The van der Waals surface area contributed by atoms with Crippen molar-refractivity contribution in [3.8, 4) is 5.88 Å². The van der Waals surface area contributed by atoms with Crippen LogP contribution in [0.1, 0.15) is 39.7 Å². The number of esters is 1. The molecule has 1 aliphatic carbocycles. The topological polar surface area (TPSA) is 63.8 Å². The van der Waals surface area contributed by atoms with Gasteiger partial charge in [0, 0.05) is 23.5 Å². The Morgan fingerprint density at radius 3 is 3.00 bits per heavy atom. The van der Waals surface area contributed by atoms with Gasteiger partial charge in [0.2, 0.25) is 5.88 Å². The van der Waals surface area contributed by atoms with Crippen molar-refractivity contribution in [3.63, 3.8) is 0 Å². The lowest BCUT2D eigenvalue weighted by Crippen LogP contribution is -2.06. The number of aromatic hydroxyl groups is 1. The highest BCUT2D eigenvalue weighted by atomic mass is 32.1. The molecule has 0 bridgehead atoms. The van der Waals surface area contributed by atoms with E-state index >= 15 is 0 Å². The summed E-state index contributed by atoms with van der Waals surface area (Å²) in [6.45, 7) is 2.15. The molecule has 1 N–H and O–H groups in total. The Morgan fingerprint density at radius 2 is 2.19 bits per heavy atom. The smallest absolute Gasteiger partial charge is 0.341 e. The van der Waals surface area contributed by atoms with Crippen LogP contribution in [0, 0.1) is 0 Å². The number of carbonyl (C=O) groups is 1. The second-order valence-corrected chi connectivity index (χ2v) is 7.41. The van der Waals surface area contributed by atoms with Crippen molar-refractivity contribution >= 4 is 39.4 Å². The summed E-state index contributed by atoms with van der Waals surface area (Å²) < 4.78 is 6.98. The van der Waals surface area contributed by atoms with Crippen LogP contribution in [0.2, 0.25) is 0 Å². The predicted octanol–water partition coefficient (Wildman–Crippen LogP) is 4.36. The molecule has 1 aromatic carbocycles. The number of para-hydroxylation sites is 1. The van der Waals surface area contributed by atoms with Gasteiger partial charge in [0.15, 0.2) is 0 Å². The number of hydrogen-bond donors (Lipinski definition) is 1. The van der Waals surface area contributed by atoms with E-state index in [2.05, 4.69) is 4.99 Å². The Kier molecular flexibility index (Phi) is 4.28. The number of ether oxygens (including phenoxy) is 1. The van der Waals surface area contributed by atoms with Crippen molar-refractivity contribution < 1.29 is 14.6 Å². The Hall–Kier alpha value is -2.60. The molecule has 0 aliphatic heterocycles. The van der Waals surface area contributed by atoms with E-state index in [0.717, 1.165) is 35.7 Å². The zero-order valence-corrected chi connectivity index (χ0v) is 15.6.